The second-order valence-corrected chi connectivity index (χ2v) is 10.1. The van der Waals surface area contributed by atoms with Crippen molar-refractivity contribution in [2.24, 2.45) is 7.05 Å². The fourth-order valence-electron chi connectivity index (χ4n) is 4.59. The van der Waals surface area contributed by atoms with Gasteiger partial charge in [-0.3, -0.25) is 0 Å². The number of nitrogens with zero attached hydrogens (tertiary/aromatic N) is 5. The highest BCUT2D eigenvalue weighted by atomic mass is 15.1. The second kappa shape index (κ2) is 9.13. The molecule has 4 aromatic rings. The molecule has 0 unspecified atom stereocenters. The van der Waals surface area contributed by atoms with Crippen LogP contribution in [-0.4, -0.2) is 19.5 Å². The highest BCUT2D eigenvalue weighted by Gasteiger charge is 2.24. The lowest BCUT2D eigenvalue weighted by atomic mass is 10.0. The lowest BCUT2D eigenvalue weighted by Crippen LogP contribution is -2.29. The van der Waals surface area contributed by atoms with E-state index in [1.165, 1.54) is 33.5 Å². The summed E-state index contributed by atoms with van der Waals surface area (Å²) in [4.78, 5) is 14.4. The third-order valence-electron chi connectivity index (χ3n) is 6.32. The smallest absolute Gasteiger partial charge is 0.232 e. The summed E-state index contributed by atoms with van der Waals surface area (Å²) in [5, 5.41) is 0. The van der Waals surface area contributed by atoms with E-state index in [4.69, 9.17) is 15.0 Å². The Kier molecular flexibility index (Phi) is 6.39. The molecule has 0 saturated carbocycles. The summed E-state index contributed by atoms with van der Waals surface area (Å²) in [6.45, 7) is 17.2. The van der Waals surface area contributed by atoms with E-state index in [2.05, 4.69) is 114 Å². The number of aromatic nitrogens is 5. The molecule has 5 nitrogen and oxygen atoms in total. The number of imidazole rings is 1. The van der Waals surface area contributed by atoms with Crippen molar-refractivity contribution >= 4 is 0 Å². The molecular formula is C29H36N5+. The lowest BCUT2D eigenvalue weighted by molar-refractivity contribution is -0.659. The van der Waals surface area contributed by atoms with Crippen LogP contribution in [0.15, 0.2) is 42.7 Å². The minimum atomic E-state index is 0.242. The molecule has 0 radical (unpaired) electrons. The van der Waals surface area contributed by atoms with Crippen molar-refractivity contribution in [3.63, 3.8) is 0 Å². The maximum atomic E-state index is 4.84. The Morgan fingerprint density at radius 1 is 0.765 bits per heavy atom. The Bertz CT molecular complexity index is 1310. The van der Waals surface area contributed by atoms with E-state index in [1.807, 2.05) is 0 Å². The summed E-state index contributed by atoms with van der Waals surface area (Å²) in [6.07, 6.45) is 4.28. The maximum absolute atomic E-state index is 4.84. The standard InChI is InChI=1S/C29H36N5/c1-17(2)26-30-27(18(3)4)32-28(31-26)23-11-10-20(6)24(16-23)29-33(9)12-13-34(29)25-21(7)14-19(5)15-22(25)8/h10-18H,1-9H3/q+1. The number of aryl methyl sites for hydroxylation is 5. The van der Waals surface area contributed by atoms with Gasteiger partial charge in [0.15, 0.2) is 5.82 Å². The van der Waals surface area contributed by atoms with Crippen LogP contribution in [0, 0.1) is 27.7 Å². The van der Waals surface area contributed by atoms with Gasteiger partial charge in [-0.05, 0) is 50.5 Å². The zero-order valence-electron chi connectivity index (χ0n) is 21.9. The molecule has 0 aliphatic carbocycles. The molecule has 0 spiro atoms. The van der Waals surface area contributed by atoms with E-state index in [-0.39, 0.29) is 11.8 Å². The topological polar surface area (TPSA) is 47.5 Å². The first kappa shape index (κ1) is 23.8. The van der Waals surface area contributed by atoms with Gasteiger partial charge in [0.2, 0.25) is 0 Å². The summed E-state index contributed by atoms with van der Waals surface area (Å²) in [5.74, 6) is 4.05. The molecule has 34 heavy (non-hydrogen) atoms. The van der Waals surface area contributed by atoms with Gasteiger partial charge in [-0.25, -0.2) is 19.5 Å². The Morgan fingerprint density at radius 3 is 1.91 bits per heavy atom. The van der Waals surface area contributed by atoms with Crippen molar-refractivity contribution in [3.05, 3.63) is 76.6 Å². The van der Waals surface area contributed by atoms with Gasteiger partial charge in [-0.2, -0.15) is 4.57 Å². The quantitative estimate of drug-likeness (QED) is 0.332. The highest BCUT2D eigenvalue weighted by Crippen LogP contribution is 2.31. The van der Waals surface area contributed by atoms with E-state index in [9.17, 15) is 0 Å². The normalized spacial score (nSPS) is 11.6. The molecule has 0 aliphatic heterocycles. The van der Waals surface area contributed by atoms with E-state index >= 15 is 0 Å². The molecule has 2 heterocycles. The molecule has 0 aliphatic rings. The van der Waals surface area contributed by atoms with Gasteiger partial charge in [-0.1, -0.05) is 57.5 Å². The minimum absolute atomic E-state index is 0.242. The van der Waals surface area contributed by atoms with Crippen LogP contribution in [0.1, 0.15) is 73.4 Å². The highest BCUT2D eigenvalue weighted by molar-refractivity contribution is 5.70. The van der Waals surface area contributed by atoms with Crippen molar-refractivity contribution in [1.29, 1.82) is 0 Å². The molecule has 0 atom stereocenters. The van der Waals surface area contributed by atoms with Crippen molar-refractivity contribution in [2.75, 3.05) is 0 Å². The largest absolute Gasteiger partial charge is 0.294 e. The zero-order valence-corrected chi connectivity index (χ0v) is 21.9. The SMILES string of the molecule is Cc1cc(C)c(-n2cc[n+](C)c2-c2cc(-c3nc(C(C)C)nc(C(C)C)n3)ccc2C)c(C)c1. The minimum Gasteiger partial charge on any atom is -0.232 e. The van der Waals surface area contributed by atoms with Gasteiger partial charge in [0.05, 0.1) is 12.6 Å². The van der Waals surface area contributed by atoms with Crippen molar-refractivity contribution in [1.82, 2.24) is 19.5 Å². The van der Waals surface area contributed by atoms with Crippen molar-refractivity contribution in [3.8, 4) is 28.5 Å². The molecule has 0 N–H and O–H groups in total. The van der Waals surface area contributed by atoms with Gasteiger partial charge >= 0.3 is 0 Å². The molecule has 5 heteroatoms. The number of hydrogen-bond donors (Lipinski definition) is 0. The van der Waals surface area contributed by atoms with Crippen molar-refractivity contribution in [2.45, 2.75) is 67.2 Å². The van der Waals surface area contributed by atoms with E-state index < -0.39 is 0 Å². The first-order chi connectivity index (χ1) is 16.1. The predicted molar refractivity (Wildman–Crippen MR) is 138 cm³/mol. The van der Waals surface area contributed by atoms with Crippen LogP contribution in [0.2, 0.25) is 0 Å². The fraction of sp³-hybridized carbons (Fsp3) is 0.379. The van der Waals surface area contributed by atoms with Crippen LogP contribution in [0.5, 0.6) is 0 Å². The number of hydrogen-bond acceptors (Lipinski definition) is 3. The summed E-state index contributed by atoms with van der Waals surface area (Å²) < 4.78 is 4.50. The molecule has 0 amide bonds. The maximum Gasteiger partial charge on any atom is 0.294 e. The van der Waals surface area contributed by atoms with Gasteiger partial charge < -0.3 is 0 Å². The van der Waals surface area contributed by atoms with Crippen LogP contribution in [0.3, 0.4) is 0 Å². The number of benzene rings is 2. The fourth-order valence-corrected chi connectivity index (χ4v) is 4.59. The Morgan fingerprint density at radius 2 is 1.35 bits per heavy atom. The van der Waals surface area contributed by atoms with Crippen molar-refractivity contribution < 1.29 is 4.57 Å². The van der Waals surface area contributed by atoms with Gasteiger partial charge in [0.1, 0.15) is 29.7 Å². The summed E-state index contributed by atoms with van der Waals surface area (Å²) in [5.41, 5.74) is 8.44. The van der Waals surface area contributed by atoms with Crippen LogP contribution in [0.4, 0.5) is 0 Å². The Labute approximate surface area is 203 Å². The molecule has 2 aromatic heterocycles. The first-order valence-electron chi connectivity index (χ1n) is 12.1. The average Bonchev–Trinajstić information content (AvgIpc) is 3.13. The average molecular weight is 455 g/mol. The molecule has 176 valence electrons. The van der Waals surface area contributed by atoms with Gasteiger partial charge in [0, 0.05) is 17.4 Å². The molecule has 0 fully saturated rings. The van der Waals surface area contributed by atoms with Crippen LogP contribution >= 0.6 is 0 Å². The molecule has 0 saturated heterocycles. The molecule has 4 rings (SSSR count). The number of rotatable bonds is 5. The Balaban J connectivity index is 1.92. The second-order valence-electron chi connectivity index (χ2n) is 10.1. The summed E-state index contributed by atoms with van der Waals surface area (Å²) in [6, 6.07) is 11.0. The van der Waals surface area contributed by atoms with Crippen LogP contribution in [0.25, 0.3) is 28.5 Å². The van der Waals surface area contributed by atoms with Gasteiger partial charge in [0.25, 0.3) is 5.82 Å². The third kappa shape index (κ3) is 4.39. The van der Waals surface area contributed by atoms with E-state index in [1.54, 1.807) is 0 Å². The zero-order chi connectivity index (χ0) is 24.7. The first-order valence-corrected chi connectivity index (χ1v) is 12.1. The Hall–Kier alpha value is -3.34. The van der Waals surface area contributed by atoms with Gasteiger partial charge in [-0.15, -0.1) is 0 Å². The van der Waals surface area contributed by atoms with Crippen LogP contribution in [-0.2, 0) is 7.05 Å². The molecule has 2 aromatic carbocycles. The van der Waals surface area contributed by atoms with E-state index in [0.29, 0.717) is 0 Å². The van der Waals surface area contributed by atoms with E-state index in [0.717, 1.165) is 28.9 Å². The third-order valence-corrected chi connectivity index (χ3v) is 6.32. The summed E-state index contributed by atoms with van der Waals surface area (Å²) >= 11 is 0. The van der Waals surface area contributed by atoms with Crippen LogP contribution < -0.4 is 4.57 Å². The molecular weight excluding hydrogens is 418 g/mol. The monoisotopic (exact) mass is 454 g/mol. The molecule has 0 bridgehead atoms. The summed E-state index contributed by atoms with van der Waals surface area (Å²) in [7, 11) is 2.10. The predicted octanol–water partition coefficient (Wildman–Crippen LogP) is 6.30. The lowest BCUT2D eigenvalue weighted by Gasteiger charge is -2.14.